The zero-order valence-electron chi connectivity index (χ0n) is 19.4. The molecule has 1 atom stereocenters. The predicted molar refractivity (Wildman–Crippen MR) is 127 cm³/mol. The third-order valence-corrected chi connectivity index (χ3v) is 6.19. The summed E-state index contributed by atoms with van der Waals surface area (Å²) < 4.78 is 44.8. The van der Waals surface area contributed by atoms with E-state index in [1.807, 2.05) is 43.0 Å². The number of methoxy groups -OCH3 is 1. The monoisotopic (exact) mass is 491 g/mol. The highest BCUT2D eigenvalue weighted by Gasteiger charge is 2.30. The van der Waals surface area contributed by atoms with Crippen LogP contribution >= 0.6 is 11.3 Å². The molecule has 0 saturated carbocycles. The first kappa shape index (κ1) is 25.7. The predicted octanol–water partition coefficient (Wildman–Crippen LogP) is 5.90. The normalized spacial score (nSPS) is 12.6. The van der Waals surface area contributed by atoms with E-state index < -0.39 is 11.7 Å². The van der Waals surface area contributed by atoms with Gasteiger partial charge in [0.2, 0.25) is 0 Å². The summed E-state index contributed by atoms with van der Waals surface area (Å²) in [5.74, 6) is 0.501. The Kier molecular flexibility index (Phi) is 8.68. The zero-order valence-corrected chi connectivity index (χ0v) is 20.2. The molecule has 1 heterocycles. The third-order valence-electron chi connectivity index (χ3n) is 5.36. The van der Waals surface area contributed by atoms with Gasteiger partial charge in [-0.25, -0.2) is 4.98 Å². The fourth-order valence-corrected chi connectivity index (χ4v) is 4.16. The fraction of sp³-hybridized carbons (Fsp3) is 0.360. The Morgan fingerprint density at radius 2 is 1.82 bits per heavy atom. The summed E-state index contributed by atoms with van der Waals surface area (Å²) in [6.07, 6.45) is -3.58. The number of benzene rings is 2. The lowest BCUT2D eigenvalue weighted by Crippen LogP contribution is -2.32. The molecule has 0 aliphatic carbocycles. The number of halogens is 3. The highest BCUT2D eigenvalue weighted by atomic mass is 32.1. The van der Waals surface area contributed by atoms with Crippen molar-refractivity contribution in [3.05, 3.63) is 81.3 Å². The molecule has 2 aromatic carbocycles. The number of thiazole rings is 1. The zero-order chi connectivity index (χ0) is 24.7. The minimum atomic E-state index is -4.40. The van der Waals surface area contributed by atoms with Crippen LogP contribution in [0.5, 0.6) is 5.75 Å². The molecular formula is C25H28F3N3O2S. The Hall–Kier alpha value is -2.91. The van der Waals surface area contributed by atoms with Crippen LogP contribution in [0.15, 0.2) is 53.9 Å². The van der Waals surface area contributed by atoms with Crippen LogP contribution < -0.4 is 10.1 Å². The van der Waals surface area contributed by atoms with Gasteiger partial charge in [-0.3, -0.25) is 9.69 Å². The molecule has 0 bridgehead atoms. The average molecular weight is 492 g/mol. The number of alkyl halides is 3. The van der Waals surface area contributed by atoms with Crippen LogP contribution in [0.1, 0.15) is 52.5 Å². The number of hydrogen-bond acceptors (Lipinski definition) is 5. The first-order valence-corrected chi connectivity index (χ1v) is 11.8. The molecule has 0 fully saturated rings. The van der Waals surface area contributed by atoms with E-state index in [2.05, 4.69) is 10.3 Å². The lowest BCUT2D eigenvalue weighted by Gasteiger charge is -2.22. The largest absolute Gasteiger partial charge is 0.497 e. The molecule has 0 radical (unpaired) electrons. The molecule has 34 heavy (non-hydrogen) atoms. The van der Waals surface area contributed by atoms with E-state index in [9.17, 15) is 18.0 Å². The molecule has 1 N–H and O–H groups in total. The standard InChI is InChI=1S/C25H28F3N3O2S/c1-4-17(2)29-24(32)22-16-34-23(30-22)15-31(13-18-8-10-21(33-3)11-9-18)14-19-6-5-7-20(12-19)25(26,27)28/h5-12,16-17H,4,13-15H2,1-3H3,(H,29,32). The van der Waals surface area contributed by atoms with Crippen molar-refractivity contribution in [1.29, 1.82) is 0 Å². The second kappa shape index (κ2) is 11.5. The molecule has 1 aromatic heterocycles. The van der Waals surface area contributed by atoms with Gasteiger partial charge in [-0.2, -0.15) is 13.2 Å². The number of aromatic nitrogens is 1. The number of rotatable bonds is 10. The molecule has 1 unspecified atom stereocenters. The second-order valence-electron chi connectivity index (χ2n) is 8.10. The highest BCUT2D eigenvalue weighted by Crippen LogP contribution is 2.30. The first-order valence-electron chi connectivity index (χ1n) is 10.9. The van der Waals surface area contributed by atoms with E-state index >= 15 is 0 Å². The van der Waals surface area contributed by atoms with Crippen LogP contribution in [-0.2, 0) is 25.8 Å². The molecule has 0 saturated heterocycles. The van der Waals surface area contributed by atoms with E-state index in [-0.39, 0.29) is 11.9 Å². The van der Waals surface area contributed by atoms with Crippen molar-refractivity contribution in [3.63, 3.8) is 0 Å². The minimum Gasteiger partial charge on any atom is -0.497 e. The molecule has 9 heteroatoms. The van der Waals surface area contributed by atoms with Crippen LogP contribution in [-0.4, -0.2) is 28.9 Å². The van der Waals surface area contributed by atoms with E-state index in [0.717, 1.165) is 28.8 Å². The van der Waals surface area contributed by atoms with Crippen molar-refractivity contribution in [2.75, 3.05) is 7.11 Å². The van der Waals surface area contributed by atoms with Crippen LogP contribution in [0, 0.1) is 0 Å². The van der Waals surface area contributed by atoms with Crippen LogP contribution in [0.2, 0.25) is 0 Å². The molecule has 182 valence electrons. The number of carbonyl (C=O) groups excluding carboxylic acids is 1. The maximum atomic E-state index is 13.2. The van der Waals surface area contributed by atoms with E-state index in [1.54, 1.807) is 18.6 Å². The molecule has 3 rings (SSSR count). The molecule has 1 amide bonds. The lowest BCUT2D eigenvalue weighted by molar-refractivity contribution is -0.137. The summed E-state index contributed by atoms with van der Waals surface area (Å²) >= 11 is 1.36. The van der Waals surface area contributed by atoms with Crippen molar-refractivity contribution in [2.24, 2.45) is 0 Å². The Morgan fingerprint density at radius 1 is 1.12 bits per heavy atom. The third kappa shape index (κ3) is 7.30. The Balaban J connectivity index is 1.80. The number of ether oxygens (including phenoxy) is 1. The van der Waals surface area contributed by atoms with Gasteiger partial charge in [0.15, 0.2) is 0 Å². The van der Waals surface area contributed by atoms with E-state index in [1.165, 1.54) is 23.5 Å². The summed E-state index contributed by atoms with van der Waals surface area (Å²) in [5, 5.41) is 5.33. The van der Waals surface area contributed by atoms with Crippen molar-refractivity contribution < 1.29 is 22.7 Å². The van der Waals surface area contributed by atoms with Gasteiger partial charge in [0.25, 0.3) is 5.91 Å². The maximum absolute atomic E-state index is 13.2. The van der Waals surface area contributed by atoms with Crippen LogP contribution in [0.25, 0.3) is 0 Å². The smallest absolute Gasteiger partial charge is 0.416 e. The summed E-state index contributed by atoms with van der Waals surface area (Å²) in [7, 11) is 1.59. The molecule has 0 aliphatic rings. The summed E-state index contributed by atoms with van der Waals surface area (Å²) in [4.78, 5) is 18.9. The molecular weight excluding hydrogens is 463 g/mol. The number of nitrogens with zero attached hydrogens (tertiary/aromatic N) is 2. The van der Waals surface area contributed by atoms with Crippen LogP contribution in [0.4, 0.5) is 13.2 Å². The van der Waals surface area contributed by atoms with Crippen molar-refractivity contribution in [2.45, 2.75) is 52.1 Å². The van der Waals surface area contributed by atoms with Crippen molar-refractivity contribution in [1.82, 2.24) is 15.2 Å². The Bertz CT molecular complexity index is 1080. The maximum Gasteiger partial charge on any atom is 0.416 e. The average Bonchev–Trinajstić information content (AvgIpc) is 3.27. The van der Waals surface area contributed by atoms with Gasteiger partial charge in [0.1, 0.15) is 16.5 Å². The molecule has 5 nitrogen and oxygen atoms in total. The van der Waals surface area contributed by atoms with Gasteiger partial charge in [-0.15, -0.1) is 11.3 Å². The lowest BCUT2D eigenvalue weighted by atomic mass is 10.1. The van der Waals surface area contributed by atoms with Crippen molar-refractivity contribution >= 4 is 17.2 Å². The second-order valence-corrected chi connectivity index (χ2v) is 9.04. The topological polar surface area (TPSA) is 54.5 Å². The van der Waals surface area contributed by atoms with Crippen LogP contribution in [0.3, 0.4) is 0 Å². The Labute approximate surface area is 201 Å². The summed E-state index contributed by atoms with van der Waals surface area (Å²) in [5.41, 5.74) is 1.21. The van der Waals surface area contributed by atoms with E-state index in [4.69, 9.17) is 4.74 Å². The number of nitrogens with one attached hydrogen (secondary N) is 1. The fourth-order valence-electron chi connectivity index (χ4n) is 3.34. The molecule has 0 spiro atoms. The number of amides is 1. The number of hydrogen-bond donors (Lipinski definition) is 1. The molecule has 0 aliphatic heterocycles. The first-order chi connectivity index (χ1) is 16.2. The highest BCUT2D eigenvalue weighted by molar-refractivity contribution is 7.09. The quantitative estimate of drug-likeness (QED) is 0.384. The van der Waals surface area contributed by atoms with Gasteiger partial charge < -0.3 is 10.1 Å². The van der Waals surface area contributed by atoms with E-state index in [0.29, 0.717) is 30.9 Å². The van der Waals surface area contributed by atoms with Gasteiger partial charge in [-0.1, -0.05) is 37.3 Å². The SMILES string of the molecule is CCC(C)NC(=O)c1csc(CN(Cc2ccc(OC)cc2)Cc2cccc(C(F)(F)F)c2)n1. The summed E-state index contributed by atoms with van der Waals surface area (Å²) in [6, 6.07) is 12.9. The minimum absolute atomic E-state index is 0.0464. The summed E-state index contributed by atoms with van der Waals surface area (Å²) in [6.45, 7) is 5.10. The van der Waals surface area contributed by atoms with Gasteiger partial charge in [0.05, 0.1) is 19.2 Å². The number of carbonyl (C=O) groups is 1. The van der Waals surface area contributed by atoms with Gasteiger partial charge in [-0.05, 0) is 42.7 Å². The molecule has 3 aromatic rings. The van der Waals surface area contributed by atoms with Crippen molar-refractivity contribution in [3.8, 4) is 5.75 Å². The Morgan fingerprint density at radius 3 is 2.47 bits per heavy atom. The van der Waals surface area contributed by atoms with Gasteiger partial charge >= 0.3 is 6.18 Å². The van der Waals surface area contributed by atoms with Gasteiger partial charge in [0, 0.05) is 24.5 Å².